The van der Waals surface area contributed by atoms with Crippen LogP contribution in [0.25, 0.3) is 22.3 Å². The number of aromatic amines is 1. The number of unbranched alkanes of at least 4 members (excludes halogenated alkanes) is 3. The van der Waals surface area contributed by atoms with Gasteiger partial charge in [0.05, 0.1) is 11.9 Å². The minimum atomic E-state index is 0.370. The Balaban J connectivity index is 1.51. The van der Waals surface area contributed by atoms with Crippen molar-refractivity contribution in [1.82, 2.24) is 19.9 Å². The lowest BCUT2D eigenvalue weighted by atomic mass is 10.1. The van der Waals surface area contributed by atoms with E-state index in [2.05, 4.69) is 26.0 Å². The molecule has 5 heteroatoms. The van der Waals surface area contributed by atoms with Crippen molar-refractivity contribution in [1.29, 1.82) is 0 Å². The number of rotatable bonds is 9. The Bertz CT molecular complexity index is 840. The molecule has 0 aromatic carbocycles. The van der Waals surface area contributed by atoms with E-state index >= 15 is 0 Å². The molecular formula is C20H24N4O. The van der Waals surface area contributed by atoms with Crippen LogP contribution in [0.1, 0.15) is 51.3 Å². The second kappa shape index (κ2) is 8.51. The fraction of sp³-hybridized carbons (Fsp3) is 0.400. The molecule has 0 unspecified atom stereocenters. The summed E-state index contributed by atoms with van der Waals surface area (Å²) < 4.78 is 0. The third kappa shape index (κ3) is 4.72. The molecule has 1 N–H and O–H groups in total. The summed E-state index contributed by atoms with van der Waals surface area (Å²) in [6.07, 6.45) is 12.1. The third-order valence-electron chi connectivity index (χ3n) is 4.41. The Morgan fingerprint density at radius 2 is 1.96 bits per heavy atom. The van der Waals surface area contributed by atoms with Gasteiger partial charge in [-0.1, -0.05) is 19.8 Å². The molecule has 0 amide bonds. The number of hydrogen-bond acceptors (Lipinski definition) is 4. The summed E-state index contributed by atoms with van der Waals surface area (Å²) in [5.74, 6) is 1.38. The molecule has 0 spiro atoms. The van der Waals surface area contributed by atoms with Crippen LogP contribution in [-0.2, 0) is 11.2 Å². The summed E-state index contributed by atoms with van der Waals surface area (Å²) in [7, 11) is 0. The van der Waals surface area contributed by atoms with Crippen molar-refractivity contribution in [2.45, 2.75) is 51.9 Å². The Morgan fingerprint density at radius 3 is 2.84 bits per heavy atom. The smallest absolute Gasteiger partial charge is 0.159 e. The van der Waals surface area contributed by atoms with Crippen molar-refractivity contribution in [3.8, 4) is 11.3 Å². The highest BCUT2D eigenvalue weighted by Crippen LogP contribution is 2.20. The van der Waals surface area contributed by atoms with Crippen LogP contribution in [0.4, 0.5) is 0 Å². The summed E-state index contributed by atoms with van der Waals surface area (Å²) in [4.78, 5) is 27.8. The molecule has 0 radical (unpaired) electrons. The number of Topliss-reactive ketones (excluding diaryl/α,β-unsaturated/α-hetero) is 1. The molecule has 0 fully saturated rings. The van der Waals surface area contributed by atoms with Crippen LogP contribution in [0.3, 0.4) is 0 Å². The van der Waals surface area contributed by atoms with Gasteiger partial charge in [0.25, 0.3) is 0 Å². The zero-order valence-corrected chi connectivity index (χ0v) is 14.7. The number of carbonyl (C=O) groups is 1. The van der Waals surface area contributed by atoms with Crippen LogP contribution in [0.15, 0.2) is 36.8 Å². The quantitative estimate of drug-likeness (QED) is 0.584. The van der Waals surface area contributed by atoms with E-state index in [1.54, 1.807) is 6.20 Å². The number of carbonyl (C=O) groups excluding carboxylic acids is 1. The van der Waals surface area contributed by atoms with Crippen molar-refractivity contribution < 1.29 is 4.79 Å². The lowest BCUT2D eigenvalue weighted by Gasteiger charge is -2.01. The first-order chi connectivity index (χ1) is 12.3. The number of aryl methyl sites for hydroxylation is 1. The van der Waals surface area contributed by atoms with E-state index in [4.69, 9.17) is 0 Å². The SMILES string of the molecule is CCC(=O)CCCCCCc1ncc(-c2cnc3ncccc3c2)[nH]1. The Hall–Kier alpha value is -2.56. The number of imidazole rings is 1. The summed E-state index contributed by atoms with van der Waals surface area (Å²) >= 11 is 0. The highest BCUT2D eigenvalue weighted by molar-refractivity contribution is 5.79. The van der Waals surface area contributed by atoms with Crippen LogP contribution < -0.4 is 0 Å². The fourth-order valence-corrected chi connectivity index (χ4v) is 2.89. The second-order valence-electron chi connectivity index (χ2n) is 6.32. The number of nitrogens with one attached hydrogen (secondary N) is 1. The summed E-state index contributed by atoms with van der Waals surface area (Å²) in [5.41, 5.74) is 2.77. The summed E-state index contributed by atoms with van der Waals surface area (Å²) in [6.45, 7) is 1.93. The van der Waals surface area contributed by atoms with Gasteiger partial charge in [0.2, 0.25) is 0 Å². The van der Waals surface area contributed by atoms with E-state index in [-0.39, 0.29) is 0 Å². The van der Waals surface area contributed by atoms with E-state index in [0.717, 1.165) is 66.6 Å². The standard InChI is InChI=1S/C20H24N4O/c1-2-17(25)9-5-3-4-6-10-19-22-14-18(24-19)16-12-15-8-7-11-21-20(15)23-13-16/h7-8,11-14H,2-6,9-10H2,1H3,(H,22,24). The molecule has 25 heavy (non-hydrogen) atoms. The van der Waals surface area contributed by atoms with Gasteiger partial charge in [-0.25, -0.2) is 15.0 Å². The summed E-state index contributed by atoms with van der Waals surface area (Å²) in [5, 5.41) is 1.03. The molecule has 130 valence electrons. The van der Waals surface area contributed by atoms with Crippen LogP contribution >= 0.6 is 0 Å². The summed E-state index contributed by atoms with van der Waals surface area (Å²) in [6, 6.07) is 6.01. The maximum absolute atomic E-state index is 11.3. The van der Waals surface area contributed by atoms with Crippen LogP contribution in [-0.4, -0.2) is 25.7 Å². The van der Waals surface area contributed by atoms with E-state index < -0.39 is 0 Å². The van der Waals surface area contributed by atoms with Gasteiger partial charge < -0.3 is 4.98 Å². The van der Waals surface area contributed by atoms with E-state index in [0.29, 0.717) is 12.2 Å². The van der Waals surface area contributed by atoms with Crippen molar-refractivity contribution >= 4 is 16.8 Å². The number of nitrogens with zero attached hydrogens (tertiary/aromatic N) is 3. The van der Waals surface area contributed by atoms with Gasteiger partial charge in [0.1, 0.15) is 11.6 Å². The van der Waals surface area contributed by atoms with Crippen molar-refractivity contribution in [2.24, 2.45) is 0 Å². The molecule has 0 aliphatic carbocycles. The first-order valence-electron chi connectivity index (χ1n) is 9.03. The molecule has 3 rings (SSSR count). The van der Waals surface area contributed by atoms with Gasteiger partial charge in [-0.15, -0.1) is 0 Å². The van der Waals surface area contributed by atoms with Gasteiger partial charge in [-0.3, -0.25) is 4.79 Å². The third-order valence-corrected chi connectivity index (χ3v) is 4.41. The van der Waals surface area contributed by atoms with Crippen molar-refractivity contribution in [3.05, 3.63) is 42.6 Å². The fourth-order valence-electron chi connectivity index (χ4n) is 2.89. The highest BCUT2D eigenvalue weighted by Gasteiger charge is 2.06. The molecule has 3 aromatic rings. The molecule has 3 aromatic heterocycles. The van der Waals surface area contributed by atoms with Gasteiger partial charge in [-0.2, -0.15) is 0 Å². The molecule has 0 bridgehead atoms. The van der Waals surface area contributed by atoms with Crippen LogP contribution in [0.5, 0.6) is 0 Å². The van der Waals surface area contributed by atoms with Crippen molar-refractivity contribution in [2.75, 3.05) is 0 Å². The lowest BCUT2D eigenvalue weighted by molar-refractivity contribution is -0.118. The molecule has 5 nitrogen and oxygen atoms in total. The lowest BCUT2D eigenvalue weighted by Crippen LogP contribution is -1.94. The number of ketones is 1. The molecule has 0 saturated heterocycles. The first kappa shape index (κ1) is 17.3. The Kier molecular flexibility index (Phi) is 5.88. The topological polar surface area (TPSA) is 71.5 Å². The van der Waals surface area contributed by atoms with Crippen LogP contribution in [0, 0.1) is 0 Å². The molecule has 0 aliphatic rings. The number of H-pyrrole nitrogens is 1. The number of fused-ring (bicyclic) bond motifs is 1. The van der Waals surface area contributed by atoms with Crippen molar-refractivity contribution in [3.63, 3.8) is 0 Å². The zero-order valence-electron chi connectivity index (χ0n) is 14.7. The van der Waals surface area contributed by atoms with Gasteiger partial charge in [0, 0.05) is 42.6 Å². The van der Waals surface area contributed by atoms with E-state index in [9.17, 15) is 4.79 Å². The zero-order chi connectivity index (χ0) is 17.5. The number of aromatic nitrogens is 4. The average Bonchev–Trinajstić information content (AvgIpc) is 3.12. The minimum absolute atomic E-state index is 0.370. The largest absolute Gasteiger partial charge is 0.342 e. The number of hydrogen-bond donors (Lipinski definition) is 1. The monoisotopic (exact) mass is 336 g/mol. The molecule has 0 aliphatic heterocycles. The Morgan fingerprint density at radius 1 is 1.08 bits per heavy atom. The highest BCUT2D eigenvalue weighted by atomic mass is 16.1. The average molecular weight is 336 g/mol. The molecule has 0 saturated carbocycles. The minimum Gasteiger partial charge on any atom is -0.342 e. The first-order valence-corrected chi connectivity index (χ1v) is 9.03. The predicted molar refractivity (Wildman–Crippen MR) is 99.2 cm³/mol. The maximum Gasteiger partial charge on any atom is 0.159 e. The molecule has 0 atom stereocenters. The normalized spacial score (nSPS) is 11.1. The Labute approximate surface area is 147 Å². The van der Waals surface area contributed by atoms with Gasteiger partial charge in [0.15, 0.2) is 5.65 Å². The van der Waals surface area contributed by atoms with Gasteiger partial charge >= 0.3 is 0 Å². The second-order valence-corrected chi connectivity index (χ2v) is 6.32. The van der Waals surface area contributed by atoms with Gasteiger partial charge in [-0.05, 0) is 31.0 Å². The van der Waals surface area contributed by atoms with E-state index in [1.807, 2.05) is 31.5 Å². The predicted octanol–water partition coefficient (Wildman–Crippen LogP) is 4.49. The number of pyridine rings is 2. The molecular weight excluding hydrogens is 312 g/mol. The molecule has 3 heterocycles. The maximum atomic E-state index is 11.3. The van der Waals surface area contributed by atoms with E-state index in [1.165, 1.54) is 0 Å². The van der Waals surface area contributed by atoms with Crippen LogP contribution in [0.2, 0.25) is 0 Å².